The van der Waals surface area contributed by atoms with Crippen LogP contribution in [0.1, 0.15) is 11.1 Å². The number of benzene rings is 2. The Bertz CT molecular complexity index is 521. The minimum absolute atomic E-state index is 0.215. The molecule has 76 valence electrons. The molecule has 15 heavy (non-hydrogen) atoms. The van der Waals surface area contributed by atoms with E-state index in [-0.39, 0.29) is 6.04 Å². The lowest BCUT2D eigenvalue weighted by Gasteiger charge is -2.22. The van der Waals surface area contributed by atoms with Gasteiger partial charge in [-0.2, -0.15) is 0 Å². The van der Waals surface area contributed by atoms with Gasteiger partial charge in [-0.3, -0.25) is 0 Å². The van der Waals surface area contributed by atoms with Crippen LogP contribution in [-0.4, -0.2) is 11.1 Å². The average molecular weight is 199 g/mol. The van der Waals surface area contributed by atoms with Crippen LogP contribution in [0, 0.1) is 0 Å². The van der Waals surface area contributed by atoms with E-state index in [2.05, 4.69) is 6.07 Å². The Morgan fingerprint density at radius 1 is 1.07 bits per heavy atom. The molecule has 0 saturated heterocycles. The molecule has 0 amide bonds. The third-order valence-electron chi connectivity index (χ3n) is 3.15. The highest BCUT2D eigenvalue weighted by molar-refractivity contribution is 5.94. The maximum Gasteiger partial charge on any atom is 0.123 e. The third kappa shape index (κ3) is 1.22. The molecule has 0 heterocycles. The van der Waals surface area contributed by atoms with Gasteiger partial charge in [0.15, 0.2) is 0 Å². The summed E-state index contributed by atoms with van der Waals surface area (Å²) in [5.74, 6) is 0.367. The predicted octanol–water partition coefficient (Wildman–Crippen LogP) is 1.97. The van der Waals surface area contributed by atoms with Crippen molar-refractivity contribution in [1.82, 2.24) is 0 Å². The first-order valence-corrected chi connectivity index (χ1v) is 5.24. The molecule has 2 aromatic carbocycles. The zero-order valence-electron chi connectivity index (χ0n) is 8.40. The molecule has 1 aliphatic rings. The van der Waals surface area contributed by atoms with Crippen LogP contribution in [0.15, 0.2) is 30.3 Å². The van der Waals surface area contributed by atoms with E-state index in [1.165, 1.54) is 16.5 Å². The summed E-state index contributed by atoms with van der Waals surface area (Å²) in [6.07, 6.45) is 1.82. The molecular weight excluding hydrogens is 186 g/mol. The van der Waals surface area contributed by atoms with Crippen LogP contribution in [0.5, 0.6) is 5.75 Å². The maximum atomic E-state index is 9.77. The second-order valence-corrected chi connectivity index (χ2v) is 4.25. The van der Waals surface area contributed by atoms with Gasteiger partial charge in [-0.15, -0.1) is 0 Å². The standard InChI is InChI=1S/C13H13NO/c14-10-6-8-2-1-3-11-12(15)5-4-9(7-10)13(8)11/h1-5,10,15H,6-7,14H2. The fraction of sp³-hybridized carbons (Fsp3) is 0.231. The molecule has 0 aromatic heterocycles. The summed E-state index contributed by atoms with van der Waals surface area (Å²) in [4.78, 5) is 0. The number of hydrogen-bond donors (Lipinski definition) is 2. The van der Waals surface area contributed by atoms with Crippen molar-refractivity contribution in [2.75, 3.05) is 0 Å². The van der Waals surface area contributed by atoms with E-state index in [0.717, 1.165) is 18.2 Å². The van der Waals surface area contributed by atoms with Crippen LogP contribution in [0.2, 0.25) is 0 Å². The second kappa shape index (κ2) is 2.97. The molecule has 0 bridgehead atoms. The number of phenolic OH excluding ortho intramolecular Hbond substituents is 1. The van der Waals surface area contributed by atoms with Crippen molar-refractivity contribution in [1.29, 1.82) is 0 Å². The number of nitrogens with two attached hydrogens (primary N) is 1. The Balaban J connectivity index is 2.42. The molecule has 0 saturated carbocycles. The third-order valence-corrected chi connectivity index (χ3v) is 3.15. The van der Waals surface area contributed by atoms with Crippen LogP contribution < -0.4 is 5.73 Å². The summed E-state index contributed by atoms with van der Waals surface area (Å²) in [5, 5.41) is 11.9. The zero-order valence-corrected chi connectivity index (χ0v) is 8.40. The van der Waals surface area contributed by atoms with Gasteiger partial charge in [-0.25, -0.2) is 0 Å². The summed E-state index contributed by atoms with van der Waals surface area (Å²) in [5.41, 5.74) is 8.52. The highest BCUT2D eigenvalue weighted by Gasteiger charge is 2.18. The summed E-state index contributed by atoms with van der Waals surface area (Å²) in [6.45, 7) is 0. The van der Waals surface area contributed by atoms with Crippen molar-refractivity contribution in [2.45, 2.75) is 18.9 Å². The minimum Gasteiger partial charge on any atom is -0.507 e. The molecule has 2 aromatic rings. The molecule has 0 aliphatic heterocycles. The number of rotatable bonds is 0. The molecule has 3 rings (SSSR count). The topological polar surface area (TPSA) is 46.2 Å². The Kier molecular flexibility index (Phi) is 1.73. The van der Waals surface area contributed by atoms with E-state index in [0.29, 0.717) is 5.75 Å². The fourth-order valence-electron chi connectivity index (χ4n) is 2.52. The van der Waals surface area contributed by atoms with Crippen molar-refractivity contribution in [2.24, 2.45) is 5.73 Å². The van der Waals surface area contributed by atoms with E-state index in [4.69, 9.17) is 5.73 Å². The average Bonchev–Trinajstić information content (AvgIpc) is 2.23. The van der Waals surface area contributed by atoms with Gasteiger partial charge in [0.05, 0.1) is 0 Å². The fourth-order valence-corrected chi connectivity index (χ4v) is 2.52. The quantitative estimate of drug-likeness (QED) is 0.681. The number of phenols is 1. The highest BCUT2D eigenvalue weighted by Crippen LogP contribution is 2.34. The first kappa shape index (κ1) is 8.74. The van der Waals surface area contributed by atoms with E-state index in [1.54, 1.807) is 6.07 Å². The van der Waals surface area contributed by atoms with Gasteiger partial charge in [0.2, 0.25) is 0 Å². The second-order valence-electron chi connectivity index (χ2n) is 4.25. The van der Waals surface area contributed by atoms with Gasteiger partial charge in [0.1, 0.15) is 5.75 Å². The smallest absolute Gasteiger partial charge is 0.123 e. The Morgan fingerprint density at radius 2 is 1.80 bits per heavy atom. The first-order chi connectivity index (χ1) is 7.25. The van der Waals surface area contributed by atoms with E-state index in [9.17, 15) is 5.11 Å². The molecule has 0 radical (unpaired) electrons. The zero-order chi connectivity index (χ0) is 10.4. The molecule has 1 aliphatic carbocycles. The Morgan fingerprint density at radius 3 is 2.60 bits per heavy atom. The lowest BCUT2D eigenvalue weighted by molar-refractivity contribution is 0.481. The summed E-state index contributed by atoms with van der Waals surface area (Å²) in [7, 11) is 0. The molecule has 0 fully saturated rings. The molecule has 3 N–H and O–H groups in total. The van der Waals surface area contributed by atoms with Crippen LogP contribution >= 0.6 is 0 Å². The van der Waals surface area contributed by atoms with Crippen molar-refractivity contribution in [3.05, 3.63) is 41.5 Å². The predicted molar refractivity (Wildman–Crippen MR) is 61.0 cm³/mol. The molecular formula is C13H13NO. The van der Waals surface area contributed by atoms with Crippen molar-refractivity contribution < 1.29 is 5.11 Å². The van der Waals surface area contributed by atoms with Gasteiger partial charge in [0, 0.05) is 11.4 Å². The number of hydrogen-bond acceptors (Lipinski definition) is 2. The SMILES string of the molecule is NC1Cc2cccc3c(O)ccc(c23)C1. The monoisotopic (exact) mass is 199 g/mol. The van der Waals surface area contributed by atoms with Crippen LogP contribution in [0.3, 0.4) is 0 Å². The normalized spacial score (nSPS) is 19.4. The van der Waals surface area contributed by atoms with Gasteiger partial charge < -0.3 is 10.8 Å². The van der Waals surface area contributed by atoms with Crippen LogP contribution in [-0.2, 0) is 12.8 Å². The highest BCUT2D eigenvalue weighted by atomic mass is 16.3. The lowest BCUT2D eigenvalue weighted by Crippen LogP contribution is -2.28. The summed E-state index contributed by atoms with van der Waals surface area (Å²) in [6, 6.07) is 10.0. The Hall–Kier alpha value is -1.54. The summed E-state index contributed by atoms with van der Waals surface area (Å²) >= 11 is 0. The van der Waals surface area contributed by atoms with E-state index < -0.39 is 0 Å². The van der Waals surface area contributed by atoms with Gasteiger partial charge in [-0.05, 0) is 35.4 Å². The largest absolute Gasteiger partial charge is 0.507 e. The van der Waals surface area contributed by atoms with Crippen LogP contribution in [0.25, 0.3) is 10.8 Å². The van der Waals surface area contributed by atoms with Gasteiger partial charge >= 0.3 is 0 Å². The summed E-state index contributed by atoms with van der Waals surface area (Å²) < 4.78 is 0. The maximum absolute atomic E-state index is 9.77. The Labute approximate surface area is 88.3 Å². The van der Waals surface area contributed by atoms with Crippen molar-refractivity contribution in [3.8, 4) is 5.75 Å². The lowest BCUT2D eigenvalue weighted by atomic mass is 9.86. The molecule has 0 spiro atoms. The first-order valence-electron chi connectivity index (χ1n) is 5.24. The van der Waals surface area contributed by atoms with Crippen molar-refractivity contribution >= 4 is 10.8 Å². The van der Waals surface area contributed by atoms with Gasteiger partial charge in [0.25, 0.3) is 0 Å². The molecule has 1 atom stereocenters. The van der Waals surface area contributed by atoms with E-state index >= 15 is 0 Å². The molecule has 1 unspecified atom stereocenters. The van der Waals surface area contributed by atoms with Crippen molar-refractivity contribution in [3.63, 3.8) is 0 Å². The molecule has 2 nitrogen and oxygen atoms in total. The van der Waals surface area contributed by atoms with Crippen LogP contribution in [0.4, 0.5) is 0 Å². The van der Waals surface area contributed by atoms with E-state index in [1.807, 2.05) is 18.2 Å². The number of aromatic hydroxyl groups is 1. The minimum atomic E-state index is 0.215. The molecule has 2 heteroatoms. The van der Waals surface area contributed by atoms with Gasteiger partial charge in [-0.1, -0.05) is 24.3 Å².